The minimum atomic E-state index is 0. The fourth-order valence-electron chi connectivity index (χ4n) is 2.17. The Kier molecular flexibility index (Phi) is 11.1. The van der Waals surface area contributed by atoms with E-state index in [-0.39, 0.29) is 34.6 Å². The van der Waals surface area contributed by atoms with Gasteiger partial charge in [-0.05, 0) is 58.2 Å². The van der Waals surface area contributed by atoms with E-state index >= 15 is 0 Å². The summed E-state index contributed by atoms with van der Waals surface area (Å²) < 4.78 is 0. The van der Waals surface area contributed by atoms with Gasteiger partial charge in [0.15, 0.2) is 0 Å². The molecule has 0 atom stereocenters. The summed E-state index contributed by atoms with van der Waals surface area (Å²) in [6, 6.07) is 15.9. The summed E-state index contributed by atoms with van der Waals surface area (Å²) in [5.74, 6) is 0.403. The maximum absolute atomic E-state index is 10.8. The Hall–Kier alpha value is -2.41. The summed E-state index contributed by atoms with van der Waals surface area (Å²) in [5, 5.41) is 32.5. The largest absolute Gasteiger partial charge is 3.00 e. The van der Waals surface area contributed by atoms with Crippen molar-refractivity contribution in [1.29, 1.82) is 0 Å². The van der Waals surface area contributed by atoms with Crippen LogP contribution < -0.4 is 15.3 Å². The van der Waals surface area contributed by atoms with Crippen molar-refractivity contribution in [2.75, 3.05) is 0 Å². The molecule has 0 saturated heterocycles. The number of hydrogen-bond acceptors (Lipinski definition) is 3. The van der Waals surface area contributed by atoms with Crippen molar-refractivity contribution in [2.24, 2.45) is 0 Å². The predicted molar refractivity (Wildman–Crippen MR) is 112 cm³/mol. The van der Waals surface area contributed by atoms with Crippen molar-refractivity contribution >= 4 is 17.4 Å². The first-order valence-electron chi connectivity index (χ1n) is 8.84. The Morgan fingerprint density at radius 1 is 0.429 bits per heavy atom. The van der Waals surface area contributed by atoms with Gasteiger partial charge in [-0.1, -0.05) is 71.3 Å². The van der Waals surface area contributed by atoms with Crippen molar-refractivity contribution in [3.8, 4) is 17.2 Å². The van der Waals surface area contributed by atoms with Crippen molar-refractivity contribution < 1.29 is 15.3 Å². The standard InChI is InChI=1S/3C8H10O.Al/c3*1-6-4-3-5-8(9)7(6)2;/h3*3-5,9H,1-2H3;/q;;;+3/p-3. The third-order valence-corrected chi connectivity index (χ3v) is 4.66. The molecule has 0 spiro atoms. The maximum atomic E-state index is 10.8. The fraction of sp³-hybridized carbons (Fsp3) is 0.250. The molecule has 0 unspecified atom stereocenters. The van der Waals surface area contributed by atoms with Crippen molar-refractivity contribution in [3.05, 3.63) is 88.0 Å². The average Bonchev–Trinajstić information content (AvgIpc) is 2.63. The third kappa shape index (κ3) is 7.68. The van der Waals surface area contributed by atoms with Crippen LogP contribution in [0, 0.1) is 41.5 Å². The maximum Gasteiger partial charge on any atom is 3.00 e. The van der Waals surface area contributed by atoms with E-state index in [1.807, 2.05) is 59.7 Å². The van der Waals surface area contributed by atoms with Crippen molar-refractivity contribution in [3.63, 3.8) is 0 Å². The van der Waals surface area contributed by atoms with Gasteiger partial charge in [-0.2, -0.15) is 0 Å². The van der Waals surface area contributed by atoms with Crippen LogP contribution in [0.25, 0.3) is 0 Å². The summed E-state index contributed by atoms with van der Waals surface area (Å²) in [4.78, 5) is 0. The average molecular weight is 390 g/mol. The monoisotopic (exact) mass is 390 g/mol. The molecule has 0 radical (unpaired) electrons. The Balaban J connectivity index is 0.000000384. The molecule has 3 rings (SSSR count). The van der Waals surface area contributed by atoms with Crippen molar-refractivity contribution in [2.45, 2.75) is 41.5 Å². The van der Waals surface area contributed by atoms with Crippen LogP contribution in [-0.2, 0) is 0 Å². The molecule has 0 amide bonds. The first-order valence-corrected chi connectivity index (χ1v) is 8.84. The quantitative estimate of drug-likeness (QED) is 0.549. The topological polar surface area (TPSA) is 69.2 Å². The van der Waals surface area contributed by atoms with Gasteiger partial charge in [-0.3, -0.25) is 0 Å². The van der Waals surface area contributed by atoms with Gasteiger partial charge in [-0.15, -0.1) is 17.2 Å². The van der Waals surface area contributed by atoms with Crippen LogP contribution in [0.4, 0.5) is 0 Å². The smallest absolute Gasteiger partial charge is 0.872 e. The van der Waals surface area contributed by atoms with Gasteiger partial charge >= 0.3 is 17.4 Å². The van der Waals surface area contributed by atoms with Crippen LogP contribution in [0.15, 0.2) is 54.6 Å². The summed E-state index contributed by atoms with van der Waals surface area (Å²) in [5.41, 5.74) is 5.79. The van der Waals surface area contributed by atoms with E-state index < -0.39 is 0 Å². The second-order valence-electron chi connectivity index (χ2n) is 6.59. The van der Waals surface area contributed by atoms with Crippen LogP contribution in [0.1, 0.15) is 33.4 Å². The Labute approximate surface area is 179 Å². The molecule has 0 N–H and O–H groups in total. The molecule has 3 nitrogen and oxygen atoms in total. The zero-order valence-corrected chi connectivity index (χ0v) is 18.7. The molecule has 3 aromatic rings. The van der Waals surface area contributed by atoms with Crippen molar-refractivity contribution in [1.82, 2.24) is 0 Å². The molecule has 0 saturated carbocycles. The fourth-order valence-corrected chi connectivity index (χ4v) is 2.17. The molecular weight excluding hydrogens is 363 g/mol. The van der Waals surface area contributed by atoms with Gasteiger partial charge in [0.2, 0.25) is 0 Å². The van der Waals surface area contributed by atoms with Crippen LogP contribution in [0.5, 0.6) is 17.2 Å². The Morgan fingerprint density at radius 2 is 0.643 bits per heavy atom. The molecule has 0 aliphatic rings. The SMILES string of the molecule is Cc1cccc([O-])c1C.Cc1cccc([O-])c1C.Cc1cccc([O-])c1C.[Al+3]. The summed E-state index contributed by atoms with van der Waals surface area (Å²) in [7, 11) is 0. The number of benzene rings is 3. The summed E-state index contributed by atoms with van der Waals surface area (Å²) in [6.07, 6.45) is 0. The molecule has 28 heavy (non-hydrogen) atoms. The normalized spacial score (nSPS) is 9.21. The Bertz CT molecular complexity index is 711. The summed E-state index contributed by atoms with van der Waals surface area (Å²) >= 11 is 0. The minimum absolute atomic E-state index is 0. The molecule has 4 heteroatoms. The van der Waals surface area contributed by atoms with E-state index in [9.17, 15) is 15.3 Å². The molecule has 3 aromatic carbocycles. The van der Waals surface area contributed by atoms with Crippen LogP contribution in [0.3, 0.4) is 0 Å². The first-order chi connectivity index (χ1) is 12.6. The van der Waals surface area contributed by atoms with E-state index in [2.05, 4.69) is 0 Å². The van der Waals surface area contributed by atoms with Gasteiger partial charge in [-0.25, -0.2) is 0 Å². The first kappa shape index (κ1) is 25.6. The molecule has 0 heterocycles. The second-order valence-corrected chi connectivity index (χ2v) is 6.59. The van der Waals surface area contributed by atoms with Gasteiger partial charge in [0, 0.05) is 0 Å². The number of rotatable bonds is 0. The predicted octanol–water partition coefficient (Wildman–Crippen LogP) is 3.75. The van der Waals surface area contributed by atoms with E-state index in [1.54, 1.807) is 36.4 Å². The zero-order chi connectivity index (χ0) is 20.6. The van der Waals surface area contributed by atoms with E-state index in [0.29, 0.717) is 0 Å². The molecule has 0 bridgehead atoms. The molecule has 0 aromatic heterocycles. The molecular formula is C24H27AlO3. The van der Waals surface area contributed by atoms with Crippen LogP contribution in [0.2, 0.25) is 0 Å². The number of hydrogen-bond donors (Lipinski definition) is 0. The van der Waals surface area contributed by atoms with Gasteiger partial charge in [0.25, 0.3) is 0 Å². The molecule has 0 fully saturated rings. The van der Waals surface area contributed by atoms with Crippen LogP contribution in [-0.4, -0.2) is 17.4 Å². The summed E-state index contributed by atoms with van der Waals surface area (Å²) in [6.45, 7) is 11.4. The molecule has 144 valence electrons. The van der Waals surface area contributed by atoms with Crippen LogP contribution >= 0.6 is 0 Å². The van der Waals surface area contributed by atoms with E-state index in [1.165, 1.54) is 0 Å². The second kappa shape index (κ2) is 12.1. The molecule has 0 aliphatic heterocycles. The van der Waals surface area contributed by atoms with E-state index in [4.69, 9.17) is 0 Å². The third-order valence-electron chi connectivity index (χ3n) is 4.66. The van der Waals surface area contributed by atoms with Gasteiger partial charge < -0.3 is 15.3 Å². The minimum Gasteiger partial charge on any atom is -0.872 e. The Morgan fingerprint density at radius 3 is 0.786 bits per heavy atom. The van der Waals surface area contributed by atoms with Gasteiger partial charge in [0.1, 0.15) is 0 Å². The zero-order valence-electron chi connectivity index (χ0n) is 17.5. The molecule has 0 aliphatic carbocycles. The van der Waals surface area contributed by atoms with Gasteiger partial charge in [0.05, 0.1) is 0 Å². The number of aryl methyl sites for hydroxylation is 3. The van der Waals surface area contributed by atoms with E-state index in [0.717, 1.165) is 33.4 Å².